The molecule has 0 heterocycles. The predicted molar refractivity (Wildman–Crippen MR) is 40.7 cm³/mol. The fraction of sp³-hybridized carbons (Fsp3) is 0.714. The summed E-state index contributed by atoms with van der Waals surface area (Å²) in [4.78, 5) is 22.2. The lowest BCUT2D eigenvalue weighted by Gasteiger charge is -2.17. The van der Waals surface area contributed by atoms with Crippen LogP contribution in [0.5, 0.6) is 0 Å². The molecule has 1 atom stereocenters. The summed E-state index contributed by atoms with van der Waals surface area (Å²) in [6.45, 7) is -0.465. The van der Waals surface area contributed by atoms with E-state index in [2.05, 4.69) is 0 Å². The Bertz CT molecular complexity index is 237. The predicted octanol–water partition coefficient (Wildman–Crippen LogP) is 0.380. The van der Waals surface area contributed by atoms with Crippen molar-refractivity contribution in [2.24, 2.45) is 5.92 Å². The van der Waals surface area contributed by atoms with Crippen LogP contribution >= 0.6 is 0 Å². The van der Waals surface area contributed by atoms with Gasteiger partial charge >= 0.3 is 12.1 Å². The Balaban J connectivity index is 4.68. The molecular weight excluding hydrogens is 203 g/mol. The molecule has 0 aromatic heterocycles. The first kappa shape index (κ1) is 12.9. The van der Waals surface area contributed by atoms with E-state index in [1.807, 2.05) is 0 Å². The highest BCUT2D eigenvalue weighted by atomic mass is 19.4. The number of carboxylic acids is 1. The zero-order valence-electron chi connectivity index (χ0n) is 7.63. The van der Waals surface area contributed by atoms with Gasteiger partial charge in [-0.2, -0.15) is 13.2 Å². The molecule has 0 fully saturated rings. The molecule has 1 N–H and O–H groups in total. The van der Waals surface area contributed by atoms with Crippen LogP contribution in [0.1, 0.15) is 0 Å². The summed E-state index contributed by atoms with van der Waals surface area (Å²) in [7, 11) is 2.78. The Hall–Kier alpha value is -1.11. The van der Waals surface area contributed by atoms with E-state index < -0.39 is 30.4 Å². The highest BCUT2D eigenvalue weighted by Gasteiger charge is 2.46. The van der Waals surface area contributed by atoms with Crippen molar-refractivity contribution in [1.82, 2.24) is 4.90 Å². The van der Waals surface area contributed by atoms with E-state index in [1.165, 1.54) is 19.0 Å². The number of aliphatic carboxylic acids is 1. The molecule has 0 rings (SSSR count). The first-order valence-electron chi connectivity index (χ1n) is 3.65. The minimum absolute atomic E-state index is 0.465. The van der Waals surface area contributed by atoms with Crippen molar-refractivity contribution in [2.75, 3.05) is 20.6 Å². The first-order chi connectivity index (χ1) is 6.16. The van der Waals surface area contributed by atoms with Crippen molar-refractivity contribution >= 4 is 11.8 Å². The number of hydrogen-bond donors (Lipinski definition) is 1. The van der Waals surface area contributed by atoms with Crippen molar-refractivity contribution in [3.8, 4) is 0 Å². The number of Topliss-reactive ketones (excluding diaryl/α,β-unsaturated/α-hetero) is 1. The summed E-state index contributed by atoms with van der Waals surface area (Å²) in [6.07, 6.45) is -5.10. The van der Waals surface area contributed by atoms with E-state index in [1.54, 1.807) is 0 Å². The minimum Gasteiger partial charge on any atom is -0.481 e. The molecule has 1 unspecified atom stereocenters. The van der Waals surface area contributed by atoms with Crippen LogP contribution in [0.15, 0.2) is 0 Å². The van der Waals surface area contributed by atoms with Crippen LogP contribution in [-0.4, -0.2) is 48.6 Å². The largest absolute Gasteiger partial charge is 0.481 e. The van der Waals surface area contributed by atoms with Gasteiger partial charge in [0.1, 0.15) is 5.92 Å². The average molecular weight is 213 g/mol. The van der Waals surface area contributed by atoms with Gasteiger partial charge in [-0.1, -0.05) is 0 Å². The van der Waals surface area contributed by atoms with Crippen LogP contribution in [-0.2, 0) is 9.59 Å². The van der Waals surface area contributed by atoms with Crippen LogP contribution in [0.4, 0.5) is 13.2 Å². The van der Waals surface area contributed by atoms with Gasteiger partial charge < -0.3 is 10.0 Å². The van der Waals surface area contributed by atoms with E-state index in [0.29, 0.717) is 0 Å². The van der Waals surface area contributed by atoms with Gasteiger partial charge in [-0.15, -0.1) is 0 Å². The lowest BCUT2D eigenvalue weighted by atomic mass is 10.0. The van der Waals surface area contributed by atoms with Crippen molar-refractivity contribution in [3.63, 3.8) is 0 Å². The molecule has 7 heteroatoms. The fourth-order valence-corrected chi connectivity index (χ4v) is 0.836. The molecule has 0 radical (unpaired) electrons. The van der Waals surface area contributed by atoms with E-state index in [-0.39, 0.29) is 0 Å². The Kier molecular flexibility index (Phi) is 4.06. The smallest absolute Gasteiger partial charge is 0.450 e. The average Bonchev–Trinajstić information content (AvgIpc) is 1.96. The molecule has 0 saturated heterocycles. The molecule has 0 amide bonds. The molecule has 4 nitrogen and oxygen atoms in total. The van der Waals surface area contributed by atoms with Gasteiger partial charge in [0.2, 0.25) is 0 Å². The molecule has 0 aliphatic rings. The standard InChI is InChI=1S/C7H10F3NO3/c1-11(2)3-4(6(13)14)5(12)7(8,9)10/h4H,3H2,1-2H3,(H,13,14). The Labute approximate surface area is 78.3 Å². The summed E-state index contributed by atoms with van der Waals surface area (Å²) < 4.78 is 35.6. The molecular formula is C7H10F3NO3. The van der Waals surface area contributed by atoms with Crippen LogP contribution in [0, 0.1) is 5.92 Å². The zero-order valence-corrected chi connectivity index (χ0v) is 7.63. The van der Waals surface area contributed by atoms with Gasteiger partial charge in [-0.3, -0.25) is 9.59 Å². The van der Waals surface area contributed by atoms with Crippen LogP contribution < -0.4 is 0 Å². The number of carboxylic acid groups (broad SMARTS) is 1. The molecule has 0 saturated carbocycles. The van der Waals surface area contributed by atoms with Gasteiger partial charge in [0.05, 0.1) is 0 Å². The second-order valence-corrected chi connectivity index (χ2v) is 3.02. The number of ketones is 1. The van der Waals surface area contributed by atoms with Crippen molar-refractivity contribution < 1.29 is 27.9 Å². The van der Waals surface area contributed by atoms with Gasteiger partial charge in [0, 0.05) is 6.54 Å². The molecule has 82 valence electrons. The maximum Gasteiger partial charge on any atom is 0.450 e. The SMILES string of the molecule is CN(C)CC(C(=O)O)C(=O)C(F)(F)F. The molecule has 0 aliphatic heterocycles. The Morgan fingerprint density at radius 2 is 1.79 bits per heavy atom. The van der Waals surface area contributed by atoms with Crippen molar-refractivity contribution in [1.29, 1.82) is 0 Å². The number of nitrogens with zero attached hydrogens (tertiary/aromatic N) is 1. The summed E-state index contributed by atoms with van der Waals surface area (Å²) in [5.74, 6) is -6.04. The normalized spacial score (nSPS) is 14.1. The second-order valence-electron chi connectivity index (χ2n) is 3.02. The van der Waals surface area contributed by atoms with E-state index in [4.69, 9.17) is 5.11 Å². The summed E-state index contributed by atoms with van der Waals surface area (Å²) >= 11 is 0. The Morgan fingerprint density at radius 3 is 2.00 bits per heavy atom. The van der Waals surface area contributed by atoms with Crippen molar-refractivity contribution in [2.45, 2.75) is 6.18 Å². The number of carbonyl (C=O) groups excluding carboxylic acids is 1. The third-order valence-corrected chi connectivity index (χ3v) is 1.44. The highest BCUT2D eigenvalue weighted by Crippen LogP contribution is 2.21. The van der Waals surface area contributed by atoms with E-state index in [9.17, 15) is 22.8 Å². The third kappa shape index (κ3) is 3.73. The third-order valence-electron chi connectivity index (χ3n) is 1.44. The van der Waals surface area contributed by atoms with Gasteiger partial charge in [0.25, 0.3) is 5.78 Å². The number of carbonyl (C=O) groups is 2. The molecule has 0 aromatic rings. The highest BCUT2D eigenvalue weighted by molar-refractivity contribution is 6.01. The number of hydrogen-bond acceptors (Lipinski definition) is 3. The lowest BCUT2D eigenvalue weighted by molar-refractivity contribution is -0.180. The minimum atomic E-state index is -5.10. The topological polar surface area (TPSA) is 57.6 Å². The lowest BCUT2D eigenvalue weighted by Crippen LogP contribution is -2.41. The molecule has 0 aliphatic carbocycles. The Morgan fingerprint density at radius 1 is 1.36 bits per heavy atom. The van der Waals surface area contributed by atoms with Crippen molar-refractivity contribution in [3.05, 3.63) is 0 Å². The van der Waals surface area contributed by atoms with Gasteiger partial charge in [-0.25, -0.2) is 0 Å². The molecule has 0 aromatic carbocycles. The summed E-state index contributed by atoms with van der Waals surface area (Å²) in [5.41, 5.74) is 0. The van der Waals surface area contributed by atoms with Gasteiger partial charge in [0.15, 0.2) is 0 Å². The van der Waals surface area contributed by atoms with Crippen LogP contribution in [0.25, 0.3) is 0 Å². The number of alkyl halides is 3. The van der Waals surface area contributed by atoms with Crippen LogP contribution in [0.3, 0.4) is 0 Å². The quantitative estimate of drug-likeness (QED) is 0.686. The van der Waals surface area contributed by atoms with Gasteiger partial charge in [-0.05, 0) is 14.1 Å². The molecule has 0 spiro atoms. The molecule has 0 bridgehead atoms. The summed E-state index contributed by atoms with van der Waals surface area (Å²) in [6, 6.07) is 0. The zero-order chi connectivity index (χ0) is 11.5. The van der Waals surface area contributed by atoms with E-state index >= 15 is 0 Å². The number of rotatable bonds is 4. The molecule has 14 heavy (non-hydrogen) atoms. The maximum absolute atomic E-state index is 11.9. The first-order valence-corrected chi connectivity index (χ1v) is 3.65. The van der Waals surface area contributed by atoms with E-state index in [0.717, 1.165) is 0 Å². The fourth-order valence-electron chi connectivity index (χ4n) is 0.836. The monoisotopic (exact) mass is 213 g/mol. The second kappa shape index (κ2) is 4.41. The maximum atomic E-state index is 11.9. The van der Waals surface area contributed by atoms with Crippen LogP contribution in [0.2, 0.25) is 0 Å². The number of halogens is 3. The summed E-state index contributed by atoms with van der Waals surface area (Å²) in [5, 5.41) is 8.41.